The lowest BCUT2D eigenvalue weighted by molar-refractivity contribution is 0.309. The van der Waals surface area contributed by atoms with E-state index >= 15 is 0 Å². The van der Waals surface area contributed by atoms with Gasteiger partial charge < -0.3 is 30.0 Å². The van der Waals surface area contributed by atoms with Crippen molar-refractivity contribution in [2.45, 2.75) is 16.3 Å². The lowest BCUT2D eigenvalue weighted by Gasteiger charge is -1.93. The molecule has 6 N–H and O–H groups in total. The van der Waals surface area contributed by atoms with Gasteiger partial charge >= 0.3 is 8.60 Å². The third kappa shape index (κ3) is 49.5. The van der Waals surface area contributed by atoms with E-state index < -0.39 is 24.9 Å². The summed E-state index contributed by atoms with van der Waals surface area (Å²) in [6, 6.07) is 0. The molecule has 3 unspecified atom stereocenters. The zero-order valence-corrected chi connectivity index (χ0v) is 19.3. The van der Waals surface area contributed by atoms with Crippen molar-refractivity contribution in [3.63, 3.8) is 0 Å². The molecular weight excluding hydrogens is 571 g/mol. The molecule has 0 aliphatic rings. The smallest absolute Gasteiger partial charge is 0.324 e. The normalized spacial score (nSPS) is 13.0. The molecule has 0 aromatic rings. The van der Waals surface area contributed by atoms with Crippen LogP contribution in [0.15, 0.2) is 33.2 Å². The van der Waals surface area contributed by atoms with Gasteiger partial charge in [-0.25, -0.2) is 0 Å². The van der Waals surface area contributed by atoms with Gasteiger partial charge in [0, 0.05) is 13.4 Å². The Hall–Kier alpha value is 1.90. The van der Waals surface area contributed by atoms with E-state index in [0.29, 0.717) is 13.4 Å². The highest BCUT2D eigenvalue weighted by molar-refractivity contribution is 9.12. The molecule has 0 aromatic heterocycles. The van der Waals surface area contributed by atoms with E-state index in [1.54, 1.807) is 0 Å². The van der Waals surface area contributed by atoms with Gasteiger partial charge in [-0.15, -0.1) is 37.9 Å². The second-order valence-electron chi connectivity index (χ2n) is 2.73. The Morgan fingerprint density at radius 2 is 0.727 bits per heavy atom. The van der Waals surface area contributed by atoms with E-state index in [1.807, 2.05) is 0 Å². The van der Waals surface area contributed by atoms with Crippen LogP contribution in [0.3, 0.4) is 0 Å². The second kappa shape index (κ2) is 20.9. The summed E-state index contributed by atoms with van der Waals surface area (Å²) in [5, 5.41) is 25.0. The van der Waals surface area contributed by atoms with Gasteiger partial charge in [-0.3, -0.25) is 0 Å². The first-order valence-corrected chi connectivity index (χ1v) is 9.77. The van der Waals surface area contributed by atoms with Crippen LogP contribution in [0.25, 0.3) is 0 Å². The topological polar surface area (TPSA) is 121 Å². The van der Waals surface area contributed by atoms with Crippen molar-refractivity contribution in [1.29, 1.82) is 0 Å². The minimum absolute atomic E-state index is 0.492. The maximum Gasteiger partial charge on any atom is 0.324 e. The van der Waals surface area contributed by atoms with Crippen molar-refractivity contribution in [2.75, 3.05) is 0 Å². The molecule has 0 aliphatic carbocycles. The van der Waals surface area contributed by atoms with Gasteiger partial charge in [-0.1, -0.05) is 67.5 Å². The van der Waals surface area contributed by atoms with Gasteiger partial charge in [0.25, 0.3) is 0 Å². The molecule has 134 valence electrons. The van der Waals surface area contributed by atoms with Crippen LogP contribution in [0, 0.1) is 0 Å². The van der Waals surface area contributed by atoms with Gasteiger partial charge in [-0.05, 0) is 0 Å². The van der Waals surface area contributed by atoms with Crippen LogP contribution in [0.5, 0.6) is 0 Å². The number of rotatable bonds is 3. The molecule has 0 radical (unpaired) electrons. The lowest BCUT2D eigenvalue weighted by Crippen LogP contribution is -1.90. The van der Waals surface area contributed by atoms with E-state index in [-0.39, 0.29) is 0 Å². The van der Waals surface area contributed by atoms with Crippen LogP contribution in [0.4, 0.5) is 0 Å². The summed E-state index contributed by atoms with van der Waals surface area (Å²) in [5.74, 6) is 0. The molecule has 22 heavy (non-hydrogen) atoms. The predicted molar refractivity (Wildman–Crippen MR) is 113 cm³/mol. The molecule has 13 heteroatoms. The van der Waals surface area contributed by atoms with E-state index in [1.165, 1.54) is 0 Å². The minimum atomic E-state index is -2.62. The van der Waals surface area contributed by atoms with Crippen LogP contribution in [0.2, 0.25) is 0 Å². The van der Waals surface area contributed by atoms with Gasteiger partial charge in [0.1, 0.15) is 16.3 Å². The zero-order chi connectivity index (χ0) is 19.0. The van der Waals surface area contributed by atoms with Crippen LogP contribution in [0.1, 0.15) is 0 Å². The Labute approximate surface area is 172 Å². The maximum atomic E-state index is 8.35. The van der Waals surface area contributed by atoms with E-state index in [0.717, 1.165) is 0 Å². The molecule has 6 nitrogen and oxygen atoms in total. The molecule has 0 heterocycles. The molecule has 0 saturated carbocycles. The fourth-order valence-corrected chi connectivity index (χ4v) is 0. The van der Waals surface area contributed by atoms with Crippen molar-refractivity contribution in [3.8, 4) is 0 Å². The number of hydrogen-bond acceptors (Lipinski definition) is 9. The summed E-state index contributed by atoms with van der Waals surface area (Å²) >= 11 is 19.6. The third-order valence-corrected chi connectivity index (χ3v) is 4.14. The highest BCUT2D eigenvalue weighted by Gasteiger charge is 1.94. The number of halogens is 3. The summed E-state index contributed by atoms with van der Waals surface area (Å²) in [4.78, 5) is 21.7. The molecule has 0 saturated heterocycles. The van der Waals surface area contributed by atoms with Crippen molar-refractivity contribution < 1.29 is 30.0 Å². The average Bonchev–Trinajstić information content (AvgIpc) is 2.29. The summed E-state index contributed by atoms with van der Waals surface area (Å²) in [6.45, 7) is 10.0. The van der Waals surface area contributed by atoms with Gasteiger partial charge in [0.15, 0.2) is 0 Å². The Balaban J connectivity index is -0.0000000994. The summed E-state index contributed by atoms with van der Waals surface area (Å²) in [5.41, 5.74) is -2.19. The van der Waals surface area contributed by atoms with Crippen LogP contribution < -0.4 is 0 Å². The largest absolute Gasteiger partial charge is 0.378 e. The van der Waals surface area contributed by atoms with Gasteiger partial charge in [0.05, 0.1) is 0 Å². The molecule has 3 atom stereocenters. The fourth-order valence-electron chi connectivity index (χ4n) is 0. The highest BCUT2D eigenvalue weighted by Crippen LogP contribution is 2.11. The lowest BCUT2D eigenvalue weighted by atomic mass is 10.7. The average molecular weight is 589 g/mol. The summed E-state index contributed by atoms with van der Waals surface area (Å²) in [6.07, 6.45) is 0. The first-order chi connectivity index (χ1) is 9.66. The monoisotopic (exact) mass is 586 g/mol. The number of hydrogen-bond donors (Lipinski definition) is 9. The zero-order valence-electron chi connectivity index (χ0n) is 11.0. The molecule has 0 bridgehead atoms. The Morgan fingerprint density at radius 3 is 0.727 bits per heavy atom. The quantitative estimate of drug-likeness (QED) is 0.142. The molecule has 0 fully saturated rings. The molecule has 0 rings (SSSR count). The van der Waals surface area contributed by atoms with E-state index in [2.05, 4.69) is 105 Å². The SMILES string of the molecule is C=C(Br)C(O)S.C=C(Br)C(O)S.C=C(Br)C(O)S.OP(O)O. The third-order valence-electron chi connectivity index (χ3n) is 0.840. The standard InChI is InChI=1S/3C3H5BrOS.H3O3P/c3*1-2(4)3(5)6;1-4(2)3/h3*3,5-6H,1H2;1-3H. The van der Waals surface area contributed by atoms with E-state index in [4.69, 9.17) is 30.0 Å². The van der Waals surface area contributed by atoms with Crippen molar-refractivity contribution in [2.24, 2.45) is 0 Å². The first-order valence-electron chi connectivity index (χ1n) is 4.64. The van der Waals surface area contributed by atoms with Crippen LogP contribution >= 0.6 is 94.3 Å². The summed E-state index contributed by atoms with van der Waals surface area (Å²) < 4.78 is 1.47. The molecule has 0 aromatic carbocycles. The first kappa shape index (κ1) is 31.6. The van der Waals surface area contributed by atoms with Gasteiger partial charge in [-0.2, -0.15) is 0 Å². The number of aliphatic hydroxyl groups excluding tert-OH is 3. The number of aliphatic hydroxyl groups is 3. The fraction of sp³-hybridized carbons (Fsp3) is 0.333. The highest BCUT2D eigenvalue weighted by atomic mass is 79.9. The Bertz CT molecular complexity index is 273. The van der Waals surface area contributed by atoms with Crippen LogP contribution in [-0.2, 0) is 0 Å². The summed E-state index contributed by atoms with van der Waals surface area (Å²) in [7, 11) is -2.62. The maximum absolute atomic E-state index is 8.35. The minimum Gasteiger partial charge on any atom is -0.378 e. The second-order valence-corrected chi connectivity index (χ2v) is 7.79. The Kier molecular flexibility index (Phi) is 30.1. The van der Waals surface area contributed by atoms with Crippen LogP contribution in [-0.4, -0.2) is 46.3 Å². The molecular formula is C9H18Br3O6PS3. The van der Waals surface area contributed by atoms with Gasteiger partial charge in [0.2, 0.25) is 0 Å². The predicted octanol–water partition coefficient (Wildman–Crippen LogP) is 2.62. The van der Waals surface area contributed by atoms with Crippen molar-refractivity contribution in [1.82, 2.24) is 0 Å². The van der Waals surface area contributed by atoms with E-state index in [9.17, 15) is 0 Å². The Morgan fingerprint density at radius 1 is 0.682 bits per heavy atom. The number of thiol groups is 3. The molecule has 0 amide bonds. The molecule has 0 aliphatic heterocycles. The van der Waals surface area contributed by atoms with Crippen molar-refractivity contribution in [3.05, 3.63) is 33.2 Å². The van der Waals surface area contributed by atoms with Crippen molar-refractivity contribution >= 4 is 94.3 Å². The molecule has 0 spiro atoms.